The predicted molar refractivity (Wildman–Crippen MR) is 123 cm³/mol. The van der Waals surface area contributed by atoms with Crippen LogP contribution in [0, 0.1) is 5.92 Å². The first-order valence-electron chi connectivity index (χ1n) is 11.0. The minimum Gasteiger partial charge on any atom is -0.481 e. The number of ether oxygens (including phenoxy) is 2. The molecule has 0 saturated heterocycles. The summed E-state index contributed by atoms with van der Waals surface area (Å²) in [4.78, 5) is 35.7. The van der Waals surface area contributed by atoms with E-state index in [-0.39, 0.29) is 31.5 Å². The van der Waals surface area contributed by atoms with E-state index >= 15 is 0 Å². The van der Waals surface area contributed by atoms with Crippen LogP contribution in [0.25, 0.3) is 11.1 Å². The van der Waals surface area contributed by atoms with E-state index in [1.54, 1.807) is 0 Å². The van der Waals surface area contributed by atoms with Crippen LogP contribution in [-0.4, -0.2) is 56.0 Å². The van der Waals surface area contributed by atoms with Gasteiger partial charge in [0.15, 0.2) is 0 Å². The number of hydrogen-bond donors (Lipinski definition) is 3. The van der Waals surface area contributed by atoms with E-state index in [1.165, 1.54) is 7.11 Å². The maximum absolute atomic E-state index is 12.5. The summed E-state index contributed by atoms with van der Waals surface area (Å²) in [5, 5.41) is 14.1. The number of alkyl carbamates (subject to hydrolysis) is 1. The molecule has 1 aliphatic rings. The molecule has 0 aromatic heterocycles. The third-order valence-electron chi connectivity index (χ3n) is 5.76. The lowest BCUT2D eigenvalue weighted by Crippen LogP contribution is -2.50. The molecule has 8 heteroatoms. The van der Waals surface area contributed by atoms with Crippen LogP contribution in [0.2, 0.25) is 0 Å². The number of carboxylic acid groups (broad SMARTS) is 1. The molecular weight excluding hydrogens is 424 g/mol. The zero-order valence-electron chi connectivity index (χ0n) is 18.9. The van der Waals surface area contributed by atoms with Gasteiger partial charge in [-0.05, 0) is 34.6 Å². The normalized spacial score (nSPS) is 14.0. The standard InChI is InChI=1S/C25H30N2O6/c1-16(11-12-23(28)29)13-26-24(30)22(15-32-2)27-25(31)33-14-21-19-9-5-3-7-17(19)18-8-4-6-10-20(18)21/h3-10,16,21-22H,11-15H2,1-2H3,(H,26,30)(H,27,31)(H,28,29). The van der Waals surface area contributed by atoms with Gasteiger partial charge in [-0.1, -0.05) is 55.5 Å². The van der Waals surface area contributed by atoms with Crippen molar-refractivity contribution in [3.05, 3.63) is 59.7 Å². The number of nitrogens with one attached hydrogen (secondary N) is 2. The summed E-state index contributed by atoms with van der Waals surface area (Å²) in [5.41, 5.74) is 4.48. The average Bonchev–Trinajstić information content (AvgIpc) is 3.13. The molecule has 0 heterocycles. The van der Waals surface area contributed by atoms with E-state index in [9.17, 15) is 14.4 Å². The molecule has 176 valence electrons. The third kappa shape index (κ3) is 6.32. The van der Waals surface area contributed by atoms with Crippen molar-refractivity contribution in [2.75, 3.05) is 26.9 Å². The van der Waals surface area contributed by atoms with Gasteiger partial charge in [0.25, 0.3) is 0 Å². The van der Waals surface area contributed by atoms with Crippen LogP contribution in [0.4, 0.5) is 4.79 Å². The Hall–Kier alpha value is -3.39. The van der Waals surface area contributed by atoms with Crippen molar-refractivity contribution >= 4 is 18.0 Å². The highest BCUT2D eigenvalue weighted by Crippen LogP contribution is 2.44. The Morgan fingerprint density at radius 1 is 1.03 bits per heavy atom. The minimum atomic E-state index is -0.919. The number of benzene rings is 2. The second kappa shape index (κ2) is 11.5. The Labute approximate surface area is 193 Å². The molecule has 3 N–H and O–H groups in total. The molecule has 0 fully saturated rings. The molecular formula is C25H30N2O6. The molecule has 3 rings (SSSR count). The molecule has 2 amide bonds. The van der Waals surface area contributed by atoms with E-state index in [0.29, 0.717) is 13.0 Å². The number of hydrogen-bond acceptors (Lipinski definition) is 5. The van der Waals surface area contributed by atoms with Gasteiger partial charge in [-0.25, -0.2) is 4.79 Å². The second-order valence-corrected chi connectivity index (χ2v) is 8.26. The largest absolute Gasteiger partial charge is 0.481 e. The maximum atomic E-state index is 12.5. The molecule has 2 aromatic rings. The molecule has 2 atom stereocenters. The van der Waals surface area contributed by atoms with Crippen molar-refractivity contribution in [3.63, 3.8) is 0 Å². The van der Waals surface area contributed by atoms with Crippen LogP contribution in [-0.2, 0) is 19.1 Å². The first-order valence-corrected chi connectivity index (χ1v) is 11.0. The van der Waals surface area contributed by atoms with Gasteiger partial charge >= 0.3 is 12.1 Å². The van der Waals surface area contributed by atoms with E-state index in [4.69, 9.17) is 14.6 Å². The summed E-state index contributed by atoms with van der Waals surface area (Å²) < 4.78 is 10.6. The number of rotatable bonds is 11. The number of methoxy groups -OCH3 is 1. The summed E-state index contributed by atoms with van der Waals surface area (Å²) in [7, 11) is 1.44. The van der Waals surface area contributed by atoms with Crippen LogP contribution in [0.5, 0.6) is 0 Å². The van der Waals surface area contributed by atoms with E-state index in [0.717, 1.165) is 22.3 Å². The van der Waals surface area contributed by atoms with Gasteiger partial charge in [-0.15, -0.1) is 0 Å². The highest BCUT2D eigenvalue weighted by Gasteiger charge is 2.29. The molecule has 0 saturated carbocycles. The number of aliphatic carboxylic acids is 1. The number of amides is 2. The third-order valence-corrected chi connectivity index (χ3v) is 5.76. The highest BCUT2D eigenvalue weighted by atomic mass is 16.5. The van der Waals surface area contributed by atoms with Crippen molar-refractivity contribution in [1.29, 1.82) is 0 Å². The topological polar surface area (TPSA) is 114 Å². The fourth-order valence-corrected chi connectivity index (χ4v) is 4.00. The van der Waals surface area contributed by atoms with E-state index < -0.39 is 24.0 Å². The Bertz CT molecular complexity index is 947. The van der Waals surface area contributed by atoms with Gasteiger partial charge < -0.3 is 25.2 Å². The van der Waals surface area contributed by atoms with Gasteiger partial charge in [0.2, 0.25) is 5.91 Å². The summed E-state index contributed by atoms with van der Waals surface area (Å²) in [5.74, 6) is -1.37. The average molecular weight is 455 g/mol. The summed E-state index contributed by atoms with van der Waals surface area (Å²) in [6.07, 6.45) is -0.214. The lowest BCUT2D eigenvalue weighted by atomic mass is 9.98. The molecule has 0 aliphatic heterocycles. The second-order valence-electron chi connectivity index (χ2n) is 8.26. The molecule has 2 unspecified atom stereocenters. The summed E-state index contributed by atoms with van der Waals surface area (Å²) in [6.45, 7) is 2.29. The fraction of sp³-hybridized carbons (Fsp3) is 0.400. The van der Waals surface area contributed by atoms with Crippen molar-refractivity contribution < 1.29 is 29.0 Å². The molecule has 0 spiro atoms. The quantitative estimate of drug-likeness (QED) is 0.481. The number of carbonyl (C=O) groups excluding carboxylic acids is 2. The SMILES string of the molecule is COCC(NC(=O)OCC1c2ccccc2-c2ccccc21)C(=O)NCC(C)CCC(=O)O. The van der Waals surface area contributed by atoms with Gasteiger partial charge in [-0.2, -0.15) is 0 Å². The Kier molecular flexibility index (Phi) is 8.43. The van der Waals surface area contributed by atoms with Crippen LogP contribution in [0.3, 0.4) is 0 Å². The zero-order valence-corrected chi connectivity index (χ0v) is 18.9. The number of carboxylic acids is 1. The maximum Gasteiger partial charge on any atom is 0.407 e. The van der Waals surface area contributed by atoms with Crippen LogP contribution in [0.1, 0.15) is 36.8 Å². The predicted octanol–water partition coefficient (Wildman–Crippen LogP) is 3.16. The lowest BCUT2D eigenvalue weighted by Gasteiger charge is -2.20. The van der Waals surface area contributed by atoms with Crippen molar-refractivity contribution in [2.45, 2.75) is 31.7 Å². The lowest BCUT2D eigenvalue weighted by molar-refractivity contribution is -0.137. The number of fused-ring (bicyclic) bond motifs is 3. The van der Waals surface area contributed by atoms with Crippen LogP contribution in [0.15, 0.2) is 48.5 Å². The summed E-state index contributed by atoms with van der Waals surface area (Å²) >= 11 is 0. The van der Waals surface area contributed by atoms with Gasteiger partial charge in [0.1, 0.15) is 12.6 Å². The van der Waals surface area contributed by atoms with E-state index in [2.05, 4.69) is 22.8 Å². The van der Waals surface area contributed by atoms with Crippen molar-refractivity contribution in [1.82, 2.24) is 10.6 Å². The molecule has 0 radical (unpaired) electrons. The summed E-state index contributed by atoms with van der Waals surface area (Å²) in [6, 6.07) is 15.2. The van der Waals surface area contributed by atoms with Crippen LogP contribution >= 0.6 is 0 Å². The van der Waals surface area contributed by atoms with Gasteiger partial charge in [0.05, 0.1) is 6.61 Å². The Balaban J connectivity index is 1.55. The highest BCUT2D eigenvalue weighted by molar-refractivity contribution is 5.86. The molecule has 2 aromatic carbocycles. The Morgan fingerprint density at radius 2 is 1.64 bits per heavy atom. The first-order chi connectivity index (χ1) is 15.9. The van der Waals surface area contributed by atoms with Gasteiger partial charge in [0, 0.05) is 26.0 Å². The van der Waals surface area contributed by atoms with Gasteiger partial charge in [-0.3, -0.25) is 9.59 Å². The zero-order chi connectivity index (χ0) is 23.8. The minimum absolute atomic E-state index is 0.0114. The molecule has 33 heavy (non-hydrogen) atoms. The molecule has 8 nitrogen and oxygen atoms in total. The Morgan fingerprint density at radius 3 is 2.21 bits per heavy atom. The van der Waals surface area contributed by atoms with Crippen molar-refractivity contribution in [3.8, 4) is 11.1 Å². The fourth-order valence-electron chi connectivity index (χ4n) is 4.00. The first kappa shape index (κ1) is 24.3. The van der Waals surface area contributed by atoms with Crippen molar-refractivity contribution in [2.24, 2.45) is 5.92 Å². The van der Waals surface area contributed by atoms with E-state index in [1.807, 2.05) is 43.3 Å². The molecule has 1 aliphatic carbocycles. The smallest absolute Gasteiger partial charge is 0.407 e. The molecule has 0 bridgehead atoms. The monoisotopic (exact) mass is 454 g/mol. The van der Waals surface area contributed by atoms with Crippen LogP contribution < -0.4 is 10.6 Å². The number of carbonyl (C=O) groups is 3.